The van der Waals surface area contributed by atoms with E-state index in [1.54, 1.807) is 6.07 Å². The molecule has 1 rings (SSSR count). The molecule has 0 aliphatic carbocycles. The van der Waals surface area contributed by atoms with Crippen LogP contribution in [0, 0.1) is 0 Å². The molecular weight excluding hydrogens is 302 g/mol. The molecule has 0 bridgehead atoms. The molecule has 0 atom stereocenters. The first-order valence-corrected chi connectivity index (χ1v) is 5.77. The lowest BCUT2D eigenvalue weighted by Crippen LogP contribution is -2.22. The lowest BCUT2D eigenvalue weighted by atomic mass is 10.2. The van der Waals surface area contributed by atoms with Gasteiger partial charge in [-0.3, -0.25) is 4.99 Å². The van der Waals surface area contributed by atoms with Crippen LogP contribution < -0.4 is 11.5 Å². The van der Waals surface area contributed by atoms with Crippen molar-refractivity contribution in [1.82, 2.24) is 0 Å². The van der Waals surface area contributed by atoms with Crippen molar-refractivity contribution in [3.63, 3.8) is 0 Å². The van der Waals surface area contributed by atoms with Crippen LogP contribution in [-0.4, -0.2) is 18.4 Å². The molecule has 8 heteroatoms. The molecule has 0 spiro atoms. The second-order valence-corrected chi connectivity index (χ2v) is 4.26. The Bertz CT molecular complexity index is 524. The van der Waals surface area contributed by atoms with E-state index in [1.807, 2.05) is 0 Å². The Morgan fingerprint density at radius 3 is 2.47 bits per heavy atom. The highest BCUT2D eigenvalue weighted by Crippen LogP contribution is 2.32. The predicted octanol–water partition coefficient (Wildman–Crippen LogP) is 3.43. The molecule has 4 N–H and O–H groups in total. The molecule has 0 aliphatic heterocycles. The monoisotopic (exact) mass is 311 g/mol. The Kier molecular flexibility index (Phi) is 5.22. The normalized spacial score (nSPS) is 13.8. The van der Waals surface area contributed by atoms with E-state index >= 15 is 0 Å². The lowest BCUT2D eigenvalue weighted by Gasteiger charge is -2.07. The van der Waals surface area contributed by atoms with Crippen LogP contribution in [0.25, 0.3) is 0 Å². The second kappa shape index (κ2) is 6.27. The summed E-state index contributed by atoms with van der Waals surface area (Å²) in [6.45, 7) is -0.223. The van der Waals surface area contributed by atoms with Gasteiger partial charge in [-0.25, -0.2) is 0 Å². The molecule has 0 unspecified atom stereocenters. The van der Waals surface area contributed by atoms with Gasteiger partial charge < -0.3 is 11.5 Å². The van der Waals surface area contributed by atoms with E-state index in [0.29, 0.717) is 6.08 Å². The molecule has 0 aliphatic rings. The van der Waals surface area contributed by atoms with Crippen LogP contribution in [0.2, 0.25) is 10.0 Å². The van der Waals surface area contributed by atoms with Crippen LogP contribution in [-0.2, 0) is 0 Å². The fourth-order valence-electron chi connectivity index (χ4n) is 1.13. The van der Waals surface area contributed by atoms with Crippen LogP contribution >= 0.6 is 23.2 Å². The predicted molar refractivity (Wildman–Crippen MR) is 70.9 cm³/mol. The maximum Gasteiger partial charge on any atom is 0.430 e. The van der Waals surface area contributed by atoms with Crippen LogP contribution in [0.4, 0.5) is 18.9 Å². The van der Waals surface area contributed by atoms with Crippen LogP contribution in [0.15, 0.2) is 35.0 Å². The number of nitrogens with two attached hydrogens (primary N) is 2. The Labute approximate surface area is 117 Å². The molecule has 0 saturated carbocycles. The molecule has 19 heavy (non-hydrogen) atoms. The summed E-state index contributed by atoms with van der Waals surface area (Å²) in [5.74, 6) is 0. The maximum absolute atomic E-state index is 12.3. The largest absolute Gasteiger partial charge is 0.430 e. The number of hydrogen-bond acceptors (Lipinski definition) is 3. The minimum Gasteiger partial charge on any atom is -0.395 e. The molecule has 0 aromatic heterocycles. The number of rotatable bonds is 3. The molecular formula is C11H10Cl2F3N3. The summed E-state index contributed by atoms with van der Waals surface area (Å²) >= 11 is 11.6. The molecule has 104 valence electrons. The molecule has 0 fully saturated rings. The summed E-state index contributed by atoms with van der Waals surface area (Å²) in [6.07, 6.45) is -3.97. The highest BCUT2D eigenvalue weighted by Gasteiger charge is 2.31. The number of nitrogens with zero attached hydrogens (tertiary/aromatic N) is 1. The summed E-state index contributed by atoms with van der Waals surface area (Å²) in [6, 6.07) is 4.60. The third kappa shape index (κ3) is 4.41. The van der Waals surface area contributed by atoms with Gasteiger partial charge in [0.15, 0.2) is 0 Å². The van der Waals surface area contributed by atoms with Crippen LogP contribution in [0.3, 0.4) is 0 Å². The summed E-state index contributed by atoms with van der Waals surface area (Å²) in [5.41, 5.74) is 9.10. The zero-order valence-corrected chi connectivity index (χ0v) is 11.0. The standard InChI is InChI=1S/C11H10Cl2F3N3/c12-7-2-1-3-8(10(7)13)19-6(5-17)4-9(18)11(14,15)16/h1-4H,5,17-18H2. The van der Waals surface area contributed by atoms with Crippen molar-refractivity contribution < 1.29 is 13.2 Å². The van der Waals surface area contributed by atoms with E-state index in [1.165, 1.54) is 12.1 Å². The van der Waals surface area contributed by atoms with Gasteiger partial charge in [0.25, 0.3) is 0 Å². The summed E-state index contributed by atoms with van der Waals surface area (Å²) in [5, 5.41) is 0.376. The lowest BCUT2D eigenvalue weighted by molar-refractivity contribution is -0.0925. The van der Waals surface area contributed by atoms with E-state index < -0.39 is 11.9 Å². The van der Waals surface area contributed by atoms with Crippen LogP contribution in [0.5, 0.6) is 0 Å². The number of hydrogen-bond donors (Lipinski definition) is 2. The smallest absolute Gasteiger partial charge is 0.395 e. The van der Waals surface area contributed by atoms with Crippen molar-refractivity contribution in [2.45, 2.75) is 6.18 Å². The highest BCUT2D eigenvalue weighted by atomic mass is 35.5. The van der Waals surface area contributed by atoms with Gasteiger partial charge in [-0.05, 0) is 18.2 Å². The van der Waals surface area contributed by atoms with Gasteiger partial charge in [0.05, 0.1) is 21.4 Å². The van der Waals surface area contributed by atoms with Crippen molar-refractivity contribution in [3.05, 3.63) is 40.0 Å². The summed E-state index contributed by atoms with van der Waals surface area (Å²) in [4.78, 5) is 3.91. The fourth-order valence-corrected chi connectivity index (χ4v) is 1.47. The second-order valence-electron chi connectivity index (χ2n) is 3.48. The third-order valence-electron chi connectivity index (χ3n) is 2.05. The first kappa shape index (κ1) is 15.8. The van der Waals surface area contributed by atoms with Crippen molar-refractivity contribution in [2.24, 2.45) is 16.5 Å². The third-order valence-corrected chi connectivity index (χ3v) is 2.86. The maximum atomic E-state index is 12.3. The summed E-state index contributed by atoms with van der Waals surface area (Å²) in [7, 11) is 0. The van der Waals surface area contributed by atoms with Gasteiger partial charge in [0.2, 0.25) is 0 Å². The van der Waals surface area contributed by atoms with Gasteiger partial charge in [0.1, 0.15) is 5.70 Å². The molecule has 0 heterocycles. The Morgan fingerprint density at radius 1 is 1.32 bits per heavy atom. The molecule has 1 aromatic rings. The Hall–Kier alpha value is -1.24. The number of benzene rings is 1. The van der Waals surface area contributed by atoms with Gasteiger partial charge >= 0.3 is 6.18 Å². The van der Waals surface area contributed by atoms with Gasteiger partial charge in [-0.15, -0.1) is 0 Å². The number of halogens is 5. The van der Waals surface area contributed by atoms with Crippen molar-refractivity contribution in [2.75, 3.05) is 6.54 Å². The topological polar surface area (TPSA) is 64.4 Å². The zero-order valence-electron chi connectivity index (χ0n) is 9.51. The average Bonchev–Trinajstić information content (AvgIpc) is 2.32. The van der Waals surface area contributed by atoms with Crippen LogP contribution in [0.1, 0.15) is 0 Å². The fraction of sp³-hybridized carbons (Fsp3) is 0.182. The number of aliphatic imine (C=N–C) groups is 1. The molecule has 3 nitrogen and oxygen atoms in total. The minimum absolute atomic E-state index is 0.0565. The first-order valence-electron chi connectivity index (χ1n) is 5.01. The number of alkyl halides is 3. The minimum atomic E-state index is -4.63. The quantitative estimate of drug-likeness (QED) is 0.840. The number of allylic oxidation sites excluding steroid dienone is 1. The van der Waals surface area contributed by atoms with Gasteiger partial charge in [-0.2, -0.15) is 13.2 Å². The SMILES string of the molecule is NCC(C=C(N)C(F)(F)F)=Nc1cccc(Cl)c1Cl. The Morgan fingerprint density at radius 2 is 1.95 bits per heavy atom. The van der Waals surface area contributed by atoms with E-state index in [2.05, 4.69) is 4.99 Å². The highest BCUT2D eigenvalue weighted by molar-refractivity contribution is 6.43. The average molecular weight is 312 g/mol. The zero-order chi connectivity index (χ0) is 14.6. The van der Waals surface area contributed by atoms with Crippen molar-refractivity contribution in [1.29, 1.82) is 0 Å². The van der Waals surface area contributed by atoms with Gasteiger partial charge in [-0.1, -0.05) is 29.3 Å². The van der Waals surface area contributed by atoms with Gasteiger partial charge in [0, 0.05) is 6.54 Å². The molecule has 1 aromatic carbocycles. The molecule has 0 radical (unpaired) electrons. The molecule has 0 saturated heterocycles. The first-order chi connectivity index (χ1) is 8.75. The van der Waals surface area contributed by atoms with E-state index in [0.717, 1.165) is 0 Å². The van der Waals surface area contributed by atoms with E-state index in [-0.39, 0.29) is 28.0 Å². The van der Waals surface area contributed by atoms with Crippen molar-refractivity contribution in [3.8, 4) is 0 Å². The van der Waals surface area contributed by atoms with E-state index in [4.69, 9.17) is 34.7 Å². The Balaban J connectivity index is 3.17. The summed E-state index contributed by atoms with van der Waals surface area (Å²) < 4.78 is 36.9. The molecule has 0 amide bonds. The van der Waals surface area contributed by atoms with Crippen molar-refractivity contribution >= 4 is 34.6 Å². The van der Waals surface area contributed by atoms with E-state index in [9.17, 15) is 13.2 Å².